The first kappa shape index (κ1) is 29.2. The Balaban J connectivity index is 1.24. The number of pyridine rings is 1. The van der Waals surface area contributed by atoms with Crippen molar-refractivity contribution in [3.05, 3.63) is 106 Å². The summed E-state index contributed by atoms with van der Waals surface area (Å²) in [5.74, 6) is -1.63. The van der Waals surface area contributed by atoms with Crippen LogP contribution in [0.5, 0.6) is 11.5 Å². The number of aliphatic hydroxyl groups excluding tert-OH is 1. The molecule has 2 N–H and O–H groups in total. The largest absolute Gasteiger partial charge is 0.443 e. The van der Waals surface area contributed by atoms with E-state index in [1.807, 2.05) is 4.57 Å². The molecule has 8 nitrogen and oxygen atoms in total. The molecule has 5 aromatic rings. The first-order valence-corrected chi connectivity index (χ1v) is 14.8. The van der Waals surface area contributed by atoms with Crippen molar-refractivity contribution in [2.24, 2.45) is 5.41 Å². The van der Waals surface area contributed by atoms with Crippen molar-refractivity contribution in [2.45, 2.75) is 51.2 Å². The molecule has 0 amide bonds. The van der Waals surface area contributed by atoms with Gasteiger partial charge in [-0.3, -0.25) is 4.98 Å². The number of hydrogen-bond acceptors (Lipinski definition) is 7. The lowest BCUT2D eigenvalue weighted by molar-refractivity contribution is -0.0715. The van der Waals surface area contributed by atoms with Gasteiger partial charge in [-0.15, -0.1) is 0 Å². The SMILES string of the molecule is CC1(c2ccc(Cl)cn2)Oc2cccc(-c3cc(F)c(Cc4nc5ccc(C(O)O)cc5n4CC4(CC#N)CC4)c(F)c3)c2O1. The van der Waals surface area contributed by atoms with Crippen LogP contribution in [0.2, 0.25) is 5.02 Å². The Morgan fingerprint density at radius 3 is 2.51 bits per heavy atom. The molecule has 3 heterocycles. The third-order valence-corrected chi connectivity index (χ3v) is 8.84. The zero-order valence-electron chi connectivity index (χ0n) is 24.1. The van der Waals surface area contributed by atoms with Gasteiger partial charge in [-0.25, -0.2) is 13.8 Å². The predicted molar refractivity (Wildman–Crippen MR) is 161 cm³/mol. The third-order valence-electron chi connectivity index (χ3n) is 8.61. The van der Waals surface area contributed by atoms with E-state index in [9.17, 15) is 15.5 Å². The lowest BCUT2D eigenvalue weighted by Crippen LogP contribution is -2.32. The van der Waals surface area contributed by atoms with Crippen molar-refractivity contribution in [1.82, 2.24) is 14.5 Å². The van der Waals surface area contributed by atoms with Gasteiger partial charge in [0.1, 0.15) is 23.2 Å². The van der Waals surface area contributed by atoms with Crippen molar-refractivity contribution in [3.63, 3.8) is 0 Å². The van der Waals surface area contributed by atoms with E-state index in [0.29, 0.717) is 57.6 Å². The van der Waals surface area contributed by atoms with Crippen LogP contribution in [0, 0.1) is 28.4 Å². The molecule has 11 heteroatoms. The number of rotatable bonds is 8. The van der Waals surface area contributed by atoms with Crippen LogP contribution in [-0.4, -0.2) is 24.7 Å². The van der Waals surface area contributed by atoms with Crippen molar-refractivity contribution in [1.29, 1.82) is 5.26 Å². The molecular formula is C34H27ClF2N4O4. The average Bonchev–Trinajstić information content (AvgIpc) is 3.54. The van der Waals surface area contributed by atoms with Crippen LogP contribution >= 0.6 is 11.6 Å². The van der Waals surface area contributed by atoms with Gasteiger partial charge >= 0.3 is 0 Å². The smallest absolute Gasteiger partial charge is 0.292 e. The summed E-state index contributed by atoms with van der Waals surface area (Å²) in [6.45, 7) is 2.13. The van der Waals surface area contributed by atoms with Gasteiger partial charge in [0, 0.05) is 54.6 Å². The third kappa shape index (κ3) is 5.27. The molecule has 1 aliphatic heterocycles. The lowest BCUT2D eigenvalue weighted by atomic mass is 10.00. The number of hydrogen-bond donors (Lipinski definition) is 2. The number of fused-ring (bicyclic) bond motifs is 2. The molecule has 0 spiro atoms. The molecule has 0 radical (unpaired) electrons. The highest BCUT2D eigenvalue weighted by atomic mass is 35.5. The molecule has 7 rings (SSSR count). The quantitative estimate of drug-likeness (QED) is 0.179. The average molecular weight is 629 g/mol. The Labute approximate surface area is 262 Å². The van der Waals surface area contributed by atoms with Crippen LogP contribution in [0.15, 0.2) is 66.9 Å². The Hall–Kier alpha value is -4.56. The van der Waals surface area contributed by atoms with Gasteiger partial charge in [0.05, 0.1) is 22.1 Å². The first-order chi connectivity index (χ1) is 21.6. The monoisotopic (exact) mass is 628 g/mol. The van der Waals surface area contributed by atoms with Gasteiger partial charge < -0.3 is 24.3 Å². The number of para-hydroxylation sites is 1. The number of aromatic nitrogens is 3. The summed E-state index contributed by atoms with van der Waals surface area (Å²) in [4.78, 5) is 8.99. The highest BCUT2D eigenvalue weighted by Gasteiger charge is 2.44. The van der Waals surface area contributed by atoms with Crippen molar-refractivity contribution < 1.29 is 28.5 Å². The maximum Gasteiger partial charge on any atom is 0.292 e. The summed E-state index contributed by atoms with van der Waals surface area (Å²) in [6, 6.07) is 18.1. The summed E-state index contributed by atoms with van der Waals surface area (Å²) >= 11 is 5.99. The summed E-state index contributed by atoms with van der Waals surface area (Å²) in [7, 11) is 0. The van der Waals surface area contributed by atoms with Crippen molar-refractivity contribution in [3.8, 4) is 28.7 Å². The van der Waals surface area contributed by atoms with Gasteiger partial charge in [0.25, 0.3) is 5.79 Å². The van der Waals surface area contributed by atoms with E-state index in [1.54, 1.807) is 55.5 Å². The number of benzene rings is 3. The topological polar surface area (TPSA) is 113 Å². The first-order valence-electron chi connectivity index (χ1n) is 14.4. The molecule has 0 saturated heterocycles. The van der Waals surface area contributed by atoms with E-state index in [0.717, 1.165) is 12.8 Å². The van der Waals surface area contributed by atoms with E-state index >= 15 is 8.78 Å². The number of nitriles is 1. The zero-order chi connectivity index (χ0) is 31.5. The second kappa shape index (κ2) is 10.8. The highest BCUT2D eigenvalue weighted by molar-refractivity contribution is 6.30. The standard InChI is InChI=1S/C34H27ClF2N4O4/c1-33(29-8-6-21(35)17-39-29)44-28-4-2-3-22(31(28)45-33)20-13-24(36)23(25(37)14-20)16-30-40-26-7-5-19(32(42)43)15-27(26)41(30)18-34(9-10-34)11-12-38/h2-8,13-15,17,32,42-43H,9-11,16,18H2,1H3. The minimum atomic E-state index is -1.69. The minimum absolute atomic E-state index is 0.154. The summed E-state index contributed by atoms with van der Waals surface area (Å²) in [5, 5.41) is 29.4. The van der Waals surface area contributed by atoms with E-state index < -0.39 is 23.7 Å². The number of halogens is 3. The Morgan fingerprint density at radius 1 is 1.07 bits per heavy atom. The summed E-state index contributed by atoms with van der Waals surface area (Å²) in [6.07, 6.45) is 1.68. The molecule has 0 bridgehead atoms. The van der Waals surface area contributed by atoms with E-state index in [2.05, 4.69) is 16.0 Å². The van der Waals surface area contributed by atoms with E-state index in [-0.39, 0.29) is 28.5 Å². The molecule has 1 atom stereocenters. The van der Waals surface area contributed by atoms with Gasteiger partial charge in [-0.1, -0.05) is 29.8 Å². The van der Waals surface area contributed by atoms with E-state index in [1.165, 1.54) is 18.3 Å². The molecular weight excluding hydrogens is 602 g/mol. The Morgan fingerprint density at radius 2 is 1.84 bits per heavy atom. The molecule has 3 aromatic carbocycles. The number of nitrogens with zero attached hydrogens (tertiary/aromatic N) is 4. The highest BCUT2D eigenvalue weighted by Crippen LogP contribution is 2.51. The molecule has 1 aliphatic carbocycles. The number of ether oxygens (including phenoxy) is 2. The normalized spacial score (nSPS) is 18.0. The summed E-state index contributed by atoms with van der Waals surface area (Å²) < 4.78 is 45.8. The van der Waals surface area contributed by atoms with Gasteiger partial charge in [-0.2, -0.15) is 5.26 Å². The molecule has 228 valence electrons. The molecule has 2 aliphatic rings. The van der Waals surface area contributed by atoms with Gasteiger partial charge in [0.15, 0.2) is 17.8 Å². The van der Waals surface area contributed by atoms with Crippen molar-refractivity contribution >= 4 is 22.6 Å². The molecule has 1 saturated carbocycles. The maximum atomic E-state index is 15.8. The van der Waals surface area contributed by atoms with Gasteiger partial charge in [0.2, 0.25) is 0 Å². The van der Waals surface area contributed by atoms with Gasteiger partial charge in [-0.05, 0) is 60.9 Å². The maximum absolute atomic E-state index is 15.8. The minimum Gasteiger partial charge on any atom is -0.443 e. The van der Waals surface area contributed by atoms with Crippen LogP contribution in [0.3, 0.4) is 0 Å². The lowest BCUT2D eigenvalue weighted by Gasteiger charge is -2.22. The van der Waals surface area contributed by atoms with Crippen LogP contribution in [0.1, 0.15) is 55.1 Å². The summed E-state index contributed by atoms with van der Waals surface area (Å²) in [5.41, 5.74) is 2.20. The van der Waals surface area contributed by atoms with Crippen molar-refractivity contribution in [2.75, 3.05) is 0 Å². The fourth-order valence-electron chi connectivity index (χ4n) is 5.92. The van der Waals surface area contributed by atoms with Crippen LogP contribution in [0.4, 0.5) is 8.78 Å². The molecule has 1 unspecified atom stereocenters. The fraction of sp³-hybridized carbons (Fsp3) is 0.265. The Bertz CT molecular complexity index is 1980. The second-order valence-electron chi connectivity index (χ2n) is 11.8. The molecule has 45 heavy (non-hydrogen) atoms. The number of aliphatic hydroxyl groups is 2. The predicted octanol–water partition coefficient (Wildman–Crippen LogP) is 6.94. The van der Waals surface area contributed by atoms with E-state index in [4.69, 9.17) is 21.1 Å². The fourth-order valence-corrected chi connectivity index (χ4v) is 6.03. The number of imidazole rings is 1. The van der Waals surface area contributed by atoms with Crippen LogP contribution < -0.4 is 9.47 Å². The second-order valence-corrected chi connectivity index (χ2v) is 12.2. The Kier molecular flexibility index (Phi) is 7.00. The molecule has 2 aromatic heterocycles. The van der Waals surface area contributed by atoms with Crippen LogP contribution in [-0.2, 0) is 18.8 Å². The zero-order valence-corrected chi connectivity index (χ0v) is 24.9. The van der Waals surface area contributed by atoms with Crippen LogP contribution in [0.25, 0.3) is 22.2 Å². The molecule has 1 fully saturated rings.